The summed E-state index contributed by atoms with van der Waals surface area (Å²) in [5, 5.41) is 12.6. The smallest absolute Gasteiger partial charge is 0.390 e. The highest BCUT2D eigenvalue weighted by atomic mass is 16.6. The minimum absolute atomic E-state index is 0.191. The summed E-state index contributed by atoms with van der Waals surface area (Å²) in [6.07, 6.45) is 3.42. The van der Waals surface area contributed by atoms with E-state index in [9.17, 15) is 14.9 Å². The summed E-state index contributed by atoms with van der Waals surface area (Å²) in [4.78, 5) is 30.1. The number of nitrogens with two attached hydrogens (primary N) is 1. The number of aromatic nitrogens is 4. The Kier molecular flexibility index (Phi) is 4.93. The van der Waals surface area contributed by atoms with E-state index in [0.717, 1.165) is 22.0 Å². The van der Waals surface area contributed by atoms with Crippen molar-refractivity contribution in [3.63, 3.8) is 0 Å². The lowest BCUT2D eigenvalue weighted by atomic mass is 10.1. The van der Waals surface area contributed by atoms with Gasteiger partial charge in [-0.05, 0) is 21.8 Å². The van der Waals surface area contributed by atoms with E-state index >= 15 is 0 Å². The van der Waals surface area contributed by atoms with Gasteiger partial charge in [0.2, 0.25) is 0 Å². The van der Waals surface area contributed by atoms with Gasteiger partial charge in [0.05, 0.1) is 18.9 Å². The Morgan fingerprint density at radius 3 is 2.44 bits per heavy atom. The molecule has 0 aliphatic heterocycles. The molecule has 0 aliphatic carbocycles. The number of hydrogen-bond acceptors (Lipinski definition) is 6. The quantitative estimate of drug-likeness (QED) is 0.326. The average Bonchev–Trinajstić information content (AvgIpc) is 3.27. The summed E-state index contributed by atoms with van der Waals surface area (Å²) in [7, 11) is 1.41. The van der Waals surface area contributed by atoms with Crippen molar-refractivity contribution in [1.29, 1.82) is 0 Å². The minimum atomic E-state index is -0.646. The van der Waals surface area contributed by atoms with E-state index in [4.69, 9.17) is 5.73 Å². The van der Waals surface area contributed by atoms with Crippen molar-refractivity contribution in [1.82, 2.24) is 19.5 Å². The largest absolute Gasteiger partial charge is 0.434 e. The molecule has 0 radical (unpaired) electrons. The number of rotatable bonds is 3. The van der Waals surface area contributed by atoms with Crippen LogP contribution >= 0.6 is 0 Å². The third kappa shape index (κ3) is 3.82. The van der Waals surface area contributed by atoms with E-state index < -0.39 is 4.92 Å². The topological polar surface area (TPSA) is 133 Å². The molecule has 0 spiro atoms. The Morgan fingerprint density at radius 1 is 1.15 bits per heavy atom. The van der Waals surface area contributed by atoms with Crippen LogP contribution in [0.25, 0.3) is 22.0 Å². The maximum absolute atomic E-state index is 10.2. The van der Waals surface area contributed by atoms with Crippen LogP contribution in [0.1, 0.15) is 10.5 Å². The number of aromatic amines is 1. The fourth-order valence-corrected chi connectivity index (χ4v) is 2.53. The number of hydrogen-bond donors (Lipinski definition) is 2. The van der Waals surface area contributed by atoms with Gasteiger partial charge >= 0.3 is 5.95 Å². The molecule has 27 heavy (non-hydrogen) atoms. The van der Waals surface area contributed by atoms with Gasteiger partial charge in [-0.1, -0.05) is 41.4 Å². The highest BCUT2D eigenvalue weighted by Gasteiger charge is 2.15. The van der Waals surface area contributed by atoms with Gasteiger partial charge in [0.25, 0.3) is 0 Å². The molecule has 0 saturated heterocycles. The molecule has 4 rings (SSSR count). The van der Waals surface area contributed by atoms with E-state index in [1.54, 1.807) is 6.20 Å². The highest BCUT2D eigenvalue weighted by Crippen LogP contribution is 2.23. The number of fused-ring (bicyclic) bond motifs is 1. The average molecular weight is 364 g/mol. The van der Waals surface area contributed by atoms with E-state index in [1.165, 1.54) is 17.8 Å². The lowest BCUT2D eigenvalue weighted by Crippen LogP contribution is -2.00. The predicted octanol–water partition coefficient (Wildman–Crippen LogP) is 2.95. The number of H-pyrrole nitrogens is 1. The molecule has 136 valence electrons. The third-order valence-corrected chi connectivity index (χ3v) is 3.94. The van der Waals surface area contributed by atoms with Gasteiger partial charge < -0.3 is 20.8 Å². The summed E-state index contributed by atoms with van der Waals surface area (Å²) in [5.74, 6) is 0.121. The monoisotopic (exact) mass is 364 g/mol. The summed E-state index contributed by atoms with van der Waals surface area (Å²) in [5.41, 5.74) is 7.80. The van der Waals surface area contributed by atoms with Crippen LogP contribution in [-0.4, -0.2) is 30.7 Å². The van der Waals surface area contributed by atoms with Gasteiger partial charge in [-0.2, -0.15) is 0 Å². The number of aldehydes is 1. The SMILES string of the molecule is Cn1c(C=O)cnc1[N+](=O)[O-].Nc1ncc(-c2ccc3ccccc3c2)[nH]1. The second kappa shape index (κ2) is 7.48. The molecule has 0 bridgehead atoms. The van der Waals surface area contributed by atoms with E-state index in [-0.39, 0.29) is 11.6 Å². The Bertz CT molecular complexity index is 1120. The molecule has 0 unspecified atom stereocenters. The molecule has 2 aromatic heterocycles. The Morgan fingerprint density at radius 2 is 1.89 bits per heavy atom. The van der Waals surface area contributed by atoms with Crippen LogP contribution in [-0.2, 0) is 7.05 Å². The van der Waals surface area contributed by atoms with Crippen molar-refractivity contribution in [2.75, 3.05) is 5.73 Å². The first-order chi connectivity index (χ1) is 13.0. The van der Waals surface area contributed by atoms with Gasteiger partial charge in [-0.15, -0.1) is 0 Å². The third-order valence-electron chi connectivity index (χ3n) is 3.94. The highest BCUT2D eigenvalue weighted by molar-refractivity contribution is 5.86. The molecule has 2 heterocycles. The van der Waals surface area contributed by atoms with Crippen molar-refractivity contribution in [3.8, 4) is 11.3 Å². The fourth-order valence-electron chi connectivity index (χ4n) is 2.53. The van der Waals surface area contributed by atoms with E-state index in [1.807, 2.05) is 12.1 Å². The van der Waals surface area contributed by atoms with Gasteiger partial charge in [0, 0.05) is 5.56 Å². The zero-order valence-corrected chi connectivity index (χ0v) is 14.4. The number of nitrogens with zero attached hydrogens (tertiary/aromatic N) is 4. The Labute approximate surface area is 153 Å². The van der Waals surface area contributed by atoms with Crippen molar-refractivity contribution in [3.05, 3.63) is 70.7 Å². The maximum Gasteiger partial charge on any atom is 0.434 e. The van der Waals surface area contributed by atoms with Crippen LogP contribution in [0.15, 0.2) is 54.9 Å². The van der Waals surface area contributed by atoms with Crippen molar-refractivity contribution in [2.45, 2.75) is 0 Å². The molecule has 0 amide bonds. The maximum atomic E-state index is 10.2. The predicted molar refractivity (Wildman–Crippen MR) is 101 cm³/mol. The summed E-state index contributed by atoms with van der Waals surface area (Å²) >= 11 is 0. The number of nitrogens with one attached hydrogen (secondary N) is 1. The number of nitrogen functional groups attached to an aromatic ring is 1. The lowest BCUT2D eigenvalue weighted by Gasteiger charge is -2.01. The minimum Gasteiger partial charge on any atom is -0.390 e. The molecule has 4 aromatic rings. The van der Waals surface area contributed by atoms with Gasteiger partial charge in [-0.3, -0.25) is 4.79 Å². The van der Waals surface area contributed by atoms with Crippen LogP contribution in [0.4, 0.5) is 11.9 Å². The number of carbonyl (C=O) groups is 1. The molecule has 9 heteroatoms. The molecular formula is C18H16N6O3. The van der Waals surface area contributed by atoms with Gasteiger partial charge in [0.1, 0.15) is 6.20 Å². The summed E-state index contributed by atoms with van der Waals surface area (Å²) < 4.78 is 1.12. The van der Waals surface area contributed by atoms with E-state index in [2.05, 4.69) is 45.3 Å². The standard InChI is InChI=1S/C13H11N3.C5H5N3O3/c14-13-15-8-12(16-13)11-6-5-9-3-1-2-4-10(9)7-11;1-7-4(3-9)2-6-5(7)8(10)11/h1-8H,(H3,14,15,16);2-3H,1H3. The Balaban J connectivity index is 0.000000168. The Hall–Kier alpha value is -4.01. The second-order valence-corrected chi connectivity index (χ2v) is 5.66. The van der Waals surface area contributed by atoms with Crippen molar-refractivity contribution < 1.29 is 9.72 Å². The molecule has 0 saturated carbocycles. The first kappa shape index (κ1) is 17.8. The number of benzene rings is 2. The summed E-state index contributed by atoms with van der Waals surface area (Å²) in [6.45, 7) is 0. The molecule has 0 aliphatic rings. The van der Waals surface area contributed by atoms with E-state index in [0.29, 0.717) is 12.2 Å². The molecule has 9 nitrogen and oxygen atoms in total. The first-order valence-electron chi connectivity index (χ1n) is 7.90. The van der Waals surface area contributed by atoms with Crippen LogP contribution in [0.5, 0.6) is 0 Å². The van der Waals surface area contributed by atoms with Crippen molar-refractivity contribution >= 4 is 29.0 Å². The normalized spacial score (nSPS) is 10.3. The first-order valence-corrected chi connectivity index (χ1v) is 7.90. The molecule has 2 aromatic carbocycles. The van der Waals surface area contributed by atoms with Crippen LogP contribution < -0.4 is 5.73 Å². The number of anilines is 1. The lowest BCUT2D eigenvalue weighted by molar-refractivity contribution is -0.396. The molecular weight excluding hydrogens is 348 g/mol. The summed E-state index contributed by atoms with van der Waals surface area (Å²) in [6, 6.07) is 14.6. The van der Waals surface area contributed by atoms with Gasteiger partial charge in [0.15, 0.2) is 17.9 Å². The molecule has 0 fully saturated rings. The van der Waals surface area contributed by atoms with Crippen LogP contribution in [0.3, 0.4) is 0 Å². The number of imidazole rings is 2. The van der Waals surface area contributed by atoms with Crippen LogP contribution in [0, 0.1) is 10.1 Å². The zero-order valence-electron chi connectivity index (χ0n) is 14.4. The molecule has 0 atom stereocenters. The zero-order chi connectivity index (χ0) is 19.4. The van der Waals surface area contributed by atoms with Gasteiger partial charge in [-0.25, -0.2) is 9.55 Å². The number of nitro groups is 1. The van der Waals surface area contributed by atoms with Crippen LogP contribution in [0.2, 0.25) is 0 Å². The second-order valence-electron chi connectivity index (χ2n) is 5.66. The fraction of sp³-hybridized carbons (Fsp3) is 0.0556. The molecule has 3 N–H and O–H groups in total. The number of carbonyl (C=O) groups excluding carboxylic acids is 1. The van der Waals surface area contributed by atoms with Crippen molar-refractivity contribution in [2.24, 2.45) is 7.05 Å².